The Morgan fingerprint density at radius 3 is 2.36 bits per heavy atom. The molecule has 0 aliphatic heterocycles. The zero-order chi connectivity index (χ0) is 21.2. The number of halogens is 1. The zero-order valence-corrected chi connectivity index (χ0v) is 18.7. The Balaban J connectivity index is 2.96. The summed E-state index contributed by atoms with van der Waals surface area (Å²) in [6.45, 7) is 20.6. The van der Waals surface area contributed by atoms with E-state index in [-0.39, 0.29) is 0 Å². The normalized spacial score (nSPS) is 25.0. The molecule has 1 heteroatoms. The third kappa shape index (κ3) is 8.59. The first kappa shape index (κ1) is 24.4. The van der Waals surface area contributed by atoms with Crippen molar-refractivity contribution >= 4 is 0 Å². The molecule has 28 heavy (non-hydrogen) atoms. The fraction of sp³-hybridized carbons (Fsp3) is 0.556. The van der Waals surface area contributed by atoms with Gasteiger partial charge in [-0.15, -0.1) is 0 Å². The molecular formula is C27H41F. The van der Waals surface area contributed by atoms with Crippen LogP contribution in [0.5, 0.6) is 0 Å². The average Bonchev–Trinajstić information content (AvgIpc) is 2.65. The quantitative estimate of drug-likeness (QED) is 0.246. The van der Waals surface area contributed by atoms with Crippen molar-refractivity contribution in [2.45, 2.75) is 84.7 Å². The summed E-state index contributed by atoms with van der Waals surface area (Å²) in [5.74, 6) is 0.889. The highest BCUT2D eigenvalue weighted by atomic mass is 19.1. The van der Waals surface area contributed by atoms with Crippen molar-refractivity contribution in [2.24, 2.45) is 11.8 Å². The van der Waals surface area contributed by atoms with Gasteiger partial charge in [-0.3, -0.25) is 0 Å². The van der Waals surface area contributed by atoms with Gasteiger partial charge in [0.25, 0.3) is 0 Å². The molecule has 0 aromatic rings. The van der Waals surface area contributed by atoms with Gasteiger partial charge in [0.15, 0.2) is 0 Å². The van der Waals surface area contributed by atoms with Gasteiger partial charge in [-0.2, -0.15) is 0 Å². The molecule has 0 heterocycles. The van der Waals surface area contributed by atoms with Crippen molar-refractivity contribution in [3.63, 3.8) is 0 Å². The van der Waals surface area contributed by atoms with E-state index in [2.05, 4.69) is 64.8 Å². The predicted octanol–water partition coefficient (Wildman–Crippen LogP) is 8.85. The third-order valence-corrected chi connectivity index (χ3v) is 5.82. The van der Waals surface area contributed by atoms with Gasteiger partial charge in [-0.05, 0) is 87.9 Å². The molecular weight excluding hydrogens is 343 g/mol. The molecule has 1 aliphatic rings. The van der Waals surface area contributed by atoms with E-state index in [1.165, 1.54) is 5.57 Å². The monoisotopic (exact) mass is 384 g/mol. The van der Waals surface area contributed by atoms with E-state index in [9.17, 15) is 4.39 Å². The van der Waals surface area contributed by atoms with Crippen molar-refractivity contribution < 1.29 is 4.39 Å². The fourth-order valence-corrected chi connectivity index (χ4v) is 3.88. The molecule has 1 saturated carbocycles. The molecule has 0 bridgehead atoms. The highest BCUT2D eigenvalue weighted by molar-refractivity contribution is 5.44. The van der Waals surface area contributed by atoms with Gasteiger partial charge in [0.1, 0.15) is 5.67 Å². The van der Waals surface area contributed by atoms with Crippen LogP contribution in [0.2, 0.25) is 0 Å². The maximum Gasteiger partial charge on any atom is 0.108 e. The van der Waals surface area contributed by atoms with Crippen LogP contribution < -0.4 is 0 Å². The minimum atomic E-state index is -0.970. The highest BCUT2D eigenvalue weighted by Gasteiger charge is 2.31. The Labute approximate surface area is 173 Å². The molecule has 1 rings (SSSR count). The topological polar surface area (TPSA) is 0 Å². The van der Waals surface area contributed by atoms with Crippen LogP contribution in [0, 0.1) is 11.8 Å². The zero-order valence-electron chi connectivity index (χ0n) is 18.7. The maximum absolute atomic E-state index is 14.2. The summed E-state index contributed by atoms with van der Waals surface area (Å²) in [6, 6.07) is 0. The second kappa shape index (κ2) is 12.0. The molecule has 0 aromatic carbocycles. The second-order valence-electron chi connectivity index (χ2n) is 8.66. The molecule has 0 radical (unpaired) electrons. The van der Waals surface area contributed by atoms with Crippen LogP contribution in [-0.2, 0) is 0 Å². The first-order chi connectivity index (χ1) is 13.2. The fourth-order valence-electron chi connectivity index (χ4n) is 3.88. The van der Waals surface area contributed by atoms with Gasteiger partial charge in [0.2, 0.25) is 0 Å². The predicted molar refractivity (Wildman–Crippen MR) is 124 cm³/mol. The number of alkyl halides is 1. The van der Waals surface area contributed by atoms with Gasteiger partial charge in [-0.25, -0.2) is 4.39 Å². The molecule has 0 N–H and O–H groups in total. The van der Waals surface area contributed by atoms with Crippen LogP contribution in [0.3, 0.4) is 0 Å². The van der Waals surface area contributed by atoms with Gasteiger partial charge >= 0.3 is 0 Å². The van der Waals surface area contributed by atoms with E-state index >= 15 is 0 Å². The van der Waals surface area contributed by atoms with Crippen molar-refractivity contribution in [3.05, 3.63) is 72.4 Å². The molecule has 0 amide bonds. The molecule has 1 atom stereocenters. The minimum Gasteiger partial charge on any atom is -0.244 e. The van der Waals surface area contributed by atoms with Gasteiger partial charge in [0, 0.05) is 5.92 Å². The van der Waals surface area contributed by atoms with E-state index < -0.39 is 5.67 Å². The molecule has 0 aromatic heterocycles. The molecule has 0 saturated heterocycles. The van der Waals surface area contributed by atoms with Crippen LogP contribution in [0.15, 0.2) is 72.4 Å². The van der Waals surface area contributed by atoms with E-state index in [1.807, 2.05) is 6.08 Å². The van der Waals surface area contributed by atoms with Crippen LogP contribution in [0.25, 0.3) is 0 Å². The van der Waals surface area contributed by atoms with Gasteiger partial charge in [-0.1, -0.05) is 69.5 Å². The van der Waals surface area contributed by atoms with E-state index in [1.54, 1.807) is 6.92 Å². The van der Waals surface area contributed by atoms with Crippen LogP contribution >= 0.6 is 0 Å². The number of hydrogen-bond donors (Lipinski definition) is 0. The van der Waals surface area contributed by atoms with Crippen LogP contribution in [-0.4, -0.2) is 5.67 Å². The third-order valence-electron chi connectivity index (χ3n) is 5.82. The Bertz CT molecular complexity index is 617. The van der Waals surface area contributed by atoms with Crippen LogP contribution in [0.1, 0.15) is 79.1 Å². The highest BCUT2D eigenvalue weighted by Crippen LogP contribution is 2.39. The van der Waals surface area contributed by atoms with Crippen molar-refractivity contribution in [1.29, 1.82) is 0 Å². The lowest BCUT2D eigenvalue weighted by Crippen LogP contribution is -2.26. The summed E-state index contributed by atoms with van der Waals surface area (Å²) < 4.78 is 14.2. The first-order valence-electron chi connectivity index (χ1n) is 10.9. The Hall–Kier alpha value is -1.63. The lowest BCUT2D eigenvalue weighted by atomic mass is 9.76. The SMILES string of the molecule is C=CC(=C\C(=C)C(/C=C\CC)CC1CCC(C)(F)CC1)/C(=C/CC(=C)C)CC. The summed E-state index contributed by atoms with van der Waals surface area (Å²) in [6.07, 6.45) is 18.2. The minimum absolute atomic E-state index is 0.308. The molecule has 0 nitrogen and oxygen atoms in total. The summed E-state index contributed by atoms with van der Waals surface area (Å²) in [4.78, 5) is 0. The van der Waals surface area contributed by atoms with Crippen molar-refractivity contribution in [2.75, 3.05) is 0 Å². The van der Waals surface area contributed by atoms with Crippen LogP contribution in [0.4, 0.5) is 4.39 Å². The molecule has 0 spiro atoms. The van der Waals surface area contributed by atoms with Crippen molar-refractivity contribution in [1.82, 2.24) is 0 Å². The van der Waals surface area contributed by atoms with Crippen molar-refractivity contribution in [3.8, 4) is 0 Å². The Morgan fingerprint density at radius 1 is 1.21 bits per heavy atom. The van der Waals surface area contributed by atoms with E-state index in [4.69, 9.17) is 0 Å². The standard InChI is InChI=1S/C27H41F/c1-8-11-12-26(20-23-15-17-27(7,28)18-16-23)22(6)19-25(10-3)24(9-2)14-13-21(4)5/h10-12,14,19,23,26H,3-4,6,8-9,13,15-18,20H2,1-2,5,7H3/b12-11-,24-14+,25-19+. The lowest BCUT2D eigenvalue weighted by molar-refractivity contribution is 0.0986. The largest absolute Gasteiger partial charge is 0.244 e. The second-order valence-corrected chi connectivity index (χ2v) is 8.66. The Morgan fingerprint density at radius 2 is 1.86 bits per heavy atom. The molecule has 1 aliphatic carbocycles. The van der Waals surface area contributed by atoms with E-state index in [0.29, 0.717) is 24.7 Å². The number of hydrogen-bond acceptors (Lipinski definition) is 0. The summed E-state index contributed by atoms with van der Waals surface area (Å²) in [5.41, 5.74) is 3.77. The summed E-state index contributed by atoms with van der Waals surface area (Å²) in [5, 5.41) is 0. The summed E-state index contributed by atoms with van der Waals surface area (Å²) >= 11 is 0. The first-order valence-corrected chi connectivity index (χ1v) is 10.9. The lowest BCUT2D eigenvalue weighted by Gasteiger charge is -2.32. The molecule has 1 fully saturated rings. The van der Waals surface area contributed by atoms with Gasteiger partial charge < -0.3 is 0 Å². The number of allylic oxidation sites excluding steroid dienone is 9. The molecule has 1 unspecified atom stereocenters. The molecule has 156 valence electrons. The van der Waals surface area contributed by atoms with E-state index in [0.717, 1.165) is 55.2 Å². The summed E-state index contributed by atoms with van der Waals surface area (Å²) in [7, 11) is 0. The maximum atomic E-state index is 14.2. The average molecular weight is 385 g/mol. The Kier molecular flexibility index (Phi) is 10.5. The van der Waals surface area contributed by atoms with Gasteiger partial charge in [0.05, 0.1) is 0 Å². The number of rotatable bonds is 11. The smallest absolute Gasteiger partial charge is 0.108 e.